The normalized spacial score (nSPS) is 16.9. The molecule has 0 bridgehead atoms. The van der Waals surface area contributed by atoms with Crippen molar-refractivity contribution in [1.82, 2.24) is 0 Å². The lowest BCUT2D eigenvalue weighted by Crippen LogP contribution is -2.10. The lowest BCUT2D eigenvalue weighted by molar-refractivity contribution is 0.283. The van der Waals surface area contributed by atoms with Crippen LogP contribution in [0.1, 0.15) is 48.5 Å². The molecule has 2 nitrogen and oxygen atoms in total. The van der Waals surface area contributed by atoms with Crippen LogP contribution in [-0.2, 0) is 4.74 Å². The van der Waals surface area contributed by atoms with Crippen LogP contribution in [0.2, 0.25) is 0 Å². The van der Waals surface area contributed by atoms with Crippen LogP contribution in [0.4, 0.5) is 0 Å². The molecule has 0 amide bonds. The molecular weight excluding hydrogens is 186 g/mol. The van der Waals surface area contributed by atoms with E-state index in [4.69, 9.17) is 4.74 Å². The van der Waals surface area contributed by atoms with Crippen molar-refractivity contribution in [3.8, 4) is 0 Å². The van der Waals surface area contributed by atoms with Gasteiger partial charge >= 0.3 is 0 Å². The summed E-state index contributed by atoms with van der Waals surface area (Å²) in [5.74, 6) is 2.20. The molecule has 86 valence electrons. The number of nitrogens with zero attached hydrogens (tertiary/aromatic N) is 1. The molecule has 0 aromatic rings. The van der Waals surface area contributed by atoms with E-state index in [9.17, 15) is 0 Å². The molecular formula is C13H22NO-. The Bertz CT molecular complexity index is 312. The van der Waals surface area contributed by atoms with Crippen LogP contribution in [0.3, 0.4) is 0 Å². The largest absolute Gasteiger partial charge is 0.627 e. The van der Waals surface area contributed by atoms with E-state index in [2.05, 4.69) is 39.9 Å². The summed E-state index contributed by atoms with van der Waals surface area (Å²) in [5, 5.41) is 4.60. The minimum atomic E-state index is 0.0524. The van der Waals surface area contributed by atoms with Gasteiger partial charge in [-0.05, 0) is 19.3 Å². The van der Waals surface area contributed by atoms with Gasteiger partial charge in [0.15, 0.2) is 0 Å². The average Bonchev–Trinajstić information content (AvgIpc) is 2.45. The van der Waals surface area contributed by atoms with Crippen LogP contribution < -0.4 is 0 Å². The standard InChI is InChI=1S/C13H22NO/c1-8(2)10-11(13(5,6)7)14-12(15-10)9(3)4/h8H,1-7H3/q-1. The fraction of sp³-hybridized carbons (Fsp3) is 0.692. The highest BCUT2D eigenvalue weighted by molar-refractivity contribution is 5.43. The lowest BCUT2D eigenvalue weighted by Gasteiger charge is -2.31. The van der Waals surface area contributed by atoms with Gasteiger partial charge in [0.1, 0.15) is 0 Å². The van der Waals surface area contributed by atoms with Gasteiger partial charge in [0, 0.05) is 11.8 Å². The smallest absolute Gasteiger partial charge is 0.0859 e. The third-order valence-electron chi connectivity index (χ3n) is 2.32. The molecule has 0 aliphatic carbocycles. The maximum absolute atomic E-state index is 5.82. The molecule has 1 rings (SSSR count). The fourth-order valence-corrected chi connectivity index (χ4v) is 1.47. The van der Waals surface area contributed by atoms with Crippen LogP contribution in [-0.4, -0.2) is 0 Å². The quantitative estimate of drug-likeness (QED) is 0.619. The van der Waals surface area contributed by atoms with Crippen molar-refractivity contribution in [2.45, 2.75) is 48.5 Å². The first-order valence-electron chi connectivity index (χ1n) is 5.55. The predicted octanol–water partition coefficient (Wildman–Crippen LogP) is 4.56. The topological polar surface area (TPSA) is 23.3 Å². The highest BCUT2D eigenvalue weighted by Gasteiger charge is 2.22. The van der Waals surface area contributed by atoms with Crippen LogP contribution >= 0.6 is 0 Å². The minimum absolute atomic E-state index is 0.0524. The highest BCUT2D eigenvalue weighted by atomic mass is 16.5. The molecule has 0 aromatic heterocycles. The van der Waals surface area contributed by atoms with E-state index in [1.54, 1.807) is 0 Å². The van der Waals surface area contributed by atoms with E-state index >= 15 is 0 Å². The summed E-state index contributed by atoms with van der Waals surface area (Å²) in [4.78, 5) is 0. The molecule has 0 saturated heterocycles. The Hall–Kier alpha value is -0.920. The van der Waals surface area contributed by atoms with Gasteiger partial charge in [0.2, 0.25) is 0 Å². The third kappa shape index (κ3) is 2.55. The van der Waals surface area contributed by atoms with Gasteiger partial charge in [-0.3, -0.25) is 0 Å². The molecule has 0 saturated carbocycles. The summed E-state index contributed by atoms with van der Waals surface area (Å²) >= 11 is 0. The Balaban J connectivity index is 3.09. The Morgan fingerprint density at radius 2 is 1.73 bits per heavy atom. The summed E-state index contributed by atoms with van der Waals surface area (Å²) in [6.45, 7) is 14.9. The Labute approximate surface area is 93.4 Å². The molecule has 2 heteroatoms. The van der Waals surface area contributed by atoms with Crippen LogP contribution in [0.25, 0.3) is 5.32 Å². The van der Waals surface area contributed by atoms with E-state index in [1.807, 2.05) is 13.8 Å². The van der Waals surface area contributed by atoms with Crippen molar-refractivity contribution in [1.29, 1.82) is 0 Å². The Morgan fingerprint density at radius 1 is 1.20 bits per heavy atom. The van der Waals surface area contributed by atoms with Crippen LogP contribution in [0, 0.1) is 11.3 Å². The number of allylic oxidation sites excluding steroid dienone is 3. The first kappa shape index (κ1) is 12.2. The van der Waals surface area contributed by atoms with Gasteiger partial charge in [0.25, 0.3) is 0 Å². The van der Waals surface area contributed by atoms with Gasteiger partial charge in [0.05, 0.1) is 5.76 Å². The first-order valence-corrected chi connectivity index (χ1v) is 5.55. The molecule has 0 aromatic carbocycles. The molecule has 0 N–H and O–H groups in total. The molecule has 0 spiro atoms. The molecule has 1 heterocycles. The Kier molecular flexibility index (Phi) is 3.17. The maximum Gasteiger partial charge on any atom is 0.0859 e. The second-order valence-electron chi connectivity index (χ2n) is 5.64. The van der Waals surface area contributed by atoms with Crippen molar-refractivity contribution < 1.29 is 4.74 Å². The van der Waals surface area contributed by atoms with Crippen molar-refractivity contribution in [3.63, 3.8) is 0 Å². The van der Waals surface area contributed by atoms with Gasteiger partial charge in [-0.15, -0.1) is 5.70 Å². The maximum atomic E-state index is 5.82. The number of hydrogen-bond donors (Lipinski definition) is 0. The second kappa shape index (κ2) is 3.92. The van der Waals surface area contributed by atoms with Crippen molar-refractivity contribution in [3.05, 3.63) is 28.2 Å². The van der Waals surface area contributed by atoms with Gasteiger partial charge in [-0.2, -0.15) is 0 Å². The van der Waals surface area contributed by atoms with E-state index in [0.29, 0.717) is 5.92 Å². The SMILES string of the molecule is CC(C)=C1[N-]C(C(C)(C)C)=C(C(C)C)O1. The van der Waals surface area contributed by atoms with Gasteiger partial charge in [-0.1, -0.05) is 40.2 Å². The highest BCUT2D eigenvalue weighted by Crippen LogP contribution is 2.44. The Morgan fingerprint density at radius 3 is 2.00 bits per heavy atom. The zero-order valence-corrected chi connectivity index (χ0v) is 10.9. The molecule has 1 aliphatic heterocycles. The molecule has 0 atom stereocenters. The second-order valence-corrected chi connectivity index (χ2v) is 5.64. The number of rotatable bonds is 1. The summed E-state index contributed by atoms with van der Waals surface area (Å²) in [6, 6.07) is 0. The summed E-state index contributed by atoms with van der Waals surface area (Å²) < 4.78 is 5.82. The molecule has 15 heavy (non-hydrogen) atoms. The van der Waals surface area contributed by atoms with E-state index in [0.717, 1.165) is 22.9 Å². The van der Waals surface area contributed by atoms with Crippen molar-refractivity contribution in [2.75, 3.05) is 0 Å². The van der Waals surface area contributed by atoms with Crippen LogP contribution in [0.5, 0.6) is 0 Å². The van der Waals surface area contributed by atoms with E-state index in [-0.39, 0.29) is 5.41 Å². The van der Waals surface area contributed by atoms with E-state index in [1.165, 1.54) is 0 Å². The molecule has 0 fully saturated rings. The molecule has 0 unspecified atom stereocenters. The zero-order valence-electron chi connectivity index (χ0n) is 10.9. The monoisotopic (exact) mass is 208 g/mol. The molecule has 1 aliphatic rings. The summed E-state index contributed by atoms with van der Waals surface area (Å²) in [6.07, 6.45) is 0. The lowest BCUT2D eigenvalue weighted by atomic mass is 9.89. The summed E-state index contributed by atoms with van der Waals surface area (Å²) in [7, 11) is 0. The predicted molar refractivity (Wildman–Crippen MR) is 64.1 cm³/mol. The van der Waals surface area contributed by atoms with Crippen LogP contribution in [0.15, 0.2) is 22.9 Å². The van der Waals surface area contributed by atoms with Crippen molar-refractivity contribution in [2.24, 2.45) is 11.3 Å². The van der Waals surface area contributed by atoms with Gasteiger partial charge < -0.3 is 10.1 Å². The average molecular weight is 208 g/mol. The first-order chi connectivity index (χ1) is 6.73. The third-order valence-corrected chi connectivity index (χ3v) is 2.32. The number of hydrogen-bond acceptors (Lipinski definition) is 1. The van der Waals surface area contributed by atoms with Gasteiger partial charge in [-0.25, -0.2) is 0 Å². The molecule has 0 radical (unpaired) electrons. The van der Waals surface area contributed by atoms with Crippen molar-refractivity contribution >= 4 is 0 Å². The summed E-state index contributed by atoms with van der Waals surface area (Å²) in [5.41, 5.74) is 2.28. The van der Waals surface area contributed by atoms with E-state index < -0.39 is 0 Å². The zero-order chi connectivity index (χ0) is 11.8. The fourth-order valence-electron chi connectivity index (χ4n) is 1.47. The minimum Gasteiger partial charge on any atom is -0.627 e. The number of ether oxygens (including phenoxy) is 1.